The Hall–Kier alpha value is -1.77. The fourth-order valence-corrected chi connectivity index (χ4v) is 5.55. The summed E-state index contributed by atoms with van der Waals surface area (Å²) in [6.45, 7) is 0.667. The fourth-order valence-electron chi connectivity index (χ4n) is 2.88. The molecule has 1 saturated heterocycles. The molecule has 2 heterocycles. The molecule has 1 unspecified atom stereocenters. The van der Waals surface area contributed by atoms with Crippen LogP contribution in [0.15, 0.2) is 46.0 Å². The summed E-state index contributed by atoms with van der Waals surface area (Å²) in [5.41, 5.74) is 0.412. The SMILES string of the molecule is O=C(NCc1ccccc1F)C1CCCN(S(=O)(=O)c2cccs2)C1. The van der Waals surface area contributed by atoms with Gasteiger partial charge in [-0.1, -0.05) is 24.3 Å². The summed E-state index contributed by atoms with van der Waals surface area (Å²) in [4.78, 5) is 12.4. The molecule has 1 atom stereocenters. The van der Waals surface area contributed by atoms with Crippen molar-refractivity contribution in [2.45, 2.75) is 23.6 Å². The molecule has 1 aromatic heterocycles. The summed E-state index contributed by atoms with van der Waals surface area (Å²) in [6.07, 6.45) is 1.25. The smallest absolute Gasteiger partial charge is 0.252 e. The minimum Gasteiger partial charge on any atom is -0.352 e. The maximum absolute atomic E-state index is 13.6. The second-order valence-corrected chi connectivity index (χ2v) is 9.06. The molecule has 0 radical (unpaired) electrons. The van der Waals surface area contributed by atoms with Gasteiger partial charge in [0, 0.05) is 25.2 Å². The first-order chi connectivity index (χ1) is 12.0. The van der Waals surface area contributed by atoms with E-state index in [9.17, 15) is 17.6 Å². The van der Waals surface area contributed by atoms with Gasteiger partial charge in [-0.05, 0) is 30.4 Å². The van der Waals surface area contributed by atoms with E-state index in [1.165, 1.54) is 21.7 Å². The number of nitrogens with one attached hydrogen (secondary N) is 1. The molecule has 25 heavy (non-hydrogen) atoms. The van der Waals surface area contributed by atoms with E-state index in [2.05, 4.69) is 5.32 Å². The normalized spacial score (nSPS) is 18.8. The highest BCUT2D eigenvalue weighted by Crippen LogP contribution is 2.26. The summed E-state index contributed by atoms with van der Waals surface area (Å²) in [6, 6.07) is 9.53. The minimum atomic E-state index is -3.55. The van der Waals surface area contributed by atoms with Gasteiger partial charge >= 0.3 is 0 Å². The van der Waals surface area contributed by atoms with Crippen molar-refractivity contribution in [3.63, 3.8) is 0 Å². The summed E-state index contributed by atoms with van der Waals surface area (Å²) < 4.78 is 40.5. The number of hydrogen-bond donors (Lipinski definition) is 1. The Morgan fingerprint density at radius 3 is 2.80 bits per heavy atom. The third-order valence-electron chi connectivity index (χ3n) is 4.26. The molecule has 1 aliphatic rings. The minimum absolute atomic E-state index is 0.0969. The van der Waals surface area contributed by atoms with Gasteiger partial charge in [-0.2, -0.15) is 4.31 Å². The van der Waals surface area contributed by atoms with Gasteiger partial charge < -0.3 is 5.32 Å². The van der Waals surface area contributed by atoms with Gasteiger partial charge in [-0.15, -0.1) is 11.3 Å². The van der Waals surface area contributed by atoms with Crippen LogP contribution in [0.5, 0.6) is 0 Å². The summed E-state index contributed by atoms with van der Waals surface area (Å²) >= 11 is 1.17. The third-order valence-corrected chi connectivity index (χ3v) is 7.49. The Kier molecular flexibility index (Phi) is 5.51. The van der Waals surface area contributed by atoms with E-state index in [-0.39, 0.29) is 24.8 Å². The number of hydrogen-bond acceptors (Lipinski definition) is 4. The van der Waals surface area contributed by atoms with E-state index in [4.69, 9.17) is 0 Å². The van der Waals surface area contributed by atoms with E-state index in [1.807, 2.05) is 0 Å². The predicted octanol–water partition coefficient (Wildman–Crippen LogP) is 2.60. The number of halogens is 1. The molecular formula is C17H19FN2O3S2. The van der Waals surface area contributed by atoms with E-state index < -0.39 is 15.9 Å². The lowest BCUT2D eigenvalue weighted by molar-refractivity contribution is -0.126. The predicted molar refractivity (Wildman–Crippen MR) is 94.0 cm³/mol. The van der Waals surface area contributed by atoms with Crippen molar-refractivity contribution in [1.82, 2.24) is 9.62 Å². The Morgan fingerprint density at radius 1 is 1.28 bits per heavy atom. The Bertz CT molecular complexity index is 837. The van der Waals surface area contributed by atoms with Gasteiger partial charge in [0.05, 0.1) is 5.92 Å². The van der Waals surface area contributed by atoms with Crippen molar-refractivity contribution in [2.75, 3.05) is 13.1 Å². The lowest BCUT2D eigenvalue weighted by Crippen LogP contribution is -2.45. The summed E-state index contributed by atoms with van der Waals surface area (Å²) in [7, 11) is -3.55. The van der Waals surface area contributed by atoms with Gasteiger partial charge in [0.25, 0.3) is 10.0 Å². The second kappa shape index (κ2) is 7.63. The van der Waals surface area contributed by atoms with E-state index in [0.717, 1.165) is 0 Å². The molecular weight excluding hydrogens is 363 g/mol. The highest BCUT2D eigenvalue weighted by atomic mass is 32.2. The molecule has 1 aromatic carbocycles. The van der Waals surface area contributed by atoms with Crippen LogP contribution < -0.4 is 5.32 Å². The summed E-state index contributed by atoms with van der Waals surface area (Å²) in [5.74, 6) is -1.03. The van der Waals surface area contributed by atoms with Crippen LogP contribution in [0.1, 0.15) is 18.4 Å². The Labute approximate surface area is 150 Å². The average molecular weight is 382 g/mol. The quantitative estimate of drug-likeness (QED) is 0.864. The lowest BCUT2D eigenvalue weighted by Gasteiger charge is -2.30. The zero-order valence-corrected chi connectivity index (χ0v) is 15.2. The number of piperidine rings is 1. The first-order valence-electron chi connectivity index (χ1n) is 8.03. The van der Waals surface area contributed by atoms with Crippen LogP contribution in [0.3, 0.4) is 0 Å². The number of nitrogens with zero attached hydrogens (tertiary/aromatic N) is 1. The number of carbonyl (C=O) groups excluding carboxylic acids is 1. The van der Waals surface area contributed by atoms with E-state index >= 15 is 0 Å². The van der Waals surface area contributed by atoms with Crippen LogP contribution in [-0.4, -0.2) is 31.7 Å². The highest BCUT2D eigenvalue weighted by molar-refractivity contribution is 7.91. The summed E-state index contributed by atoms with van der Waals surface area (Å²) in [5, 5.41) is 4.44. The van der Waals surface area contributed by atoms with Crippen molar-refractivity contribution < 1.29 is 17.6 Å². The molecule has 1 aliphatic heterocycles. The zero-order valence-electron chi connectivity index (χ0n) is 13.5. The Morgan fingerprint density at radius 2 is 2.08 bits per heavy atom. The first kappa shape index (κ1) is 18.0. The fraction of sp³-hybridized carbons (Fsp3) is 0.353. The monoisotopic (exact) mass is 382 g/mol. The number of thiophene rings is 1. The zero-order chi connectivity index (χ0) is 17.9. The molecule has 1 fully saturated rings. The van der Waals surface area contributed by atoms with Crippen LogP contribution >= 0.6 is 11.3 Å². The largest absolute Gasteiger partial charge is 0.352 e. The van der Waals surface area contributed by atoms with Crippen molar-refractivity contribution in [2.24, 2.45) is 5.92 Å². The van der Waals surface area contributed by atoms with Crippen molar-refractivity contribution >= 4 is 27.3 Å². The number of benzene rings is 1. The molecule has 3 rings (SSSR count). The Balaban J connectivity index is 1.63. The molecule has 1 N–H and O–H groups in total. The van der Waals surface area contributed by atoms with Crippen LogP contribution in [0.4, 0.5) is 4.39 Å². The van der Waals surface area contributed by atoms with Crippen molar-refractivity contribution in [1.29, 1.82) is 0 Å². The molecule has 134 valence electrons. The standard InChI is InChI=1S/C17H19FN2O3S2/c18-15-7-2-1-5-13(15)11-19-17(21)14-6-3-9-20(12-14)25(22,23)16-8-4-10-24-16/h1-2,4-5,7-8,10,14H,3,6,9,11-12H2,(H,19,21). The van der Waals surface area contributed by atoms with Gasteiger partial charge in [0.15, 0.2) is 0 Å². The van der Waals surface area contributed by atoms with E-state index in [0.29, 0.717) is 29.2 Å². The van der Waals surface area contributed by atoms with Crippen LogP contribution in [-0.2, 0) is 21.4 Å². The van der Waals surface area contributed by atoms with Gasteiger partial charge in [0.2, 0.25) is 5.91 Å². The first-order valence-corrected chi connectivity index (χ1v) is 10.4. The molecule has 5 nitrogen and oxygen atoms in total. The molecule has 0 saturated carbocycles. The number of carbonyl (C=O) groups is 1. The van der Waals surface area contributed by atoms with Crippen molar-refractivity contribution in [3.8, 4) is 0 Å². The highest BCUT2D eigenvalue weighted by Gasteiger charge is 2.33. The molecule has 0 aliphatic carbocycles. The lowest BCUT2D eigenvalue weighted by atomic mass is 9.98. The van der Waals surface area contributed by atoms with Crippen LogP contribution in [0.2, 0.25) is 0 Å². The van der Waals surface area contributed by atoms with Gasteiger partial charge in [-0.3, -0.25) is 4.79 Å². The average Bonchev–Trinajstić information content (AvgIpc) is 3.16. The topological polar surface area (TPSA) is 66.5 Å². The second-order valence-electron chi connectivity index (χ2n) is 5.94. The van der Waals surface area contributed by atoms with Crippen LogP contribution in [0, 0.1) is 11.7 Å². The maximum atomic E-state index is 13.6. The number of rotatable bonds is 5. The number of sulfonamides is 1. The molecule has 0 bridgehead atoms. The third kappa shape index (κ3) is 4.08. The van der Waals surface area contributed by atoms with Gasteiger partial charge in [-0.25, -0.2) is 12.8 Å². The van der Waals surface area contributed by atoms with Crippen molar-refractivity contribution in [3.05, 3.63) is 53.2 Å². The van der Waals surface area contributed by atoms with E-state index in [1.54, 1.807) is 35.7 Å². The van der Waals surface area contributed by atoms with Crippen LogP contribution in [0.25, 0.3) is 0 Å². The molecule has 1 amide bonds. The van der Waals surface area contributed by atoms with Gasteiger partial charge in [0.1, 0.15) is 10.0 Å². The molecule has 0 spiro atoms. The molecule has 2 aromatic rings. The maximum Gasteiger partial charge on any atom is 0.252 e. The molecule has 8 heteroatoms. The number of amides is 1.